The minimum absolute atomic E-state index is 0.0523. The standard InChI is InChI=1S/C40H44/c1-8-25(9-2)29-20-30(26(10-3)11-4)23-40(22-29)32-19-18-27-15-13-17-31-35(27)36(32)37-33(39(31,6)7)21-28-16-12-14-24(5)34(28)38(37)40/h12-22,25-26H,8-11,23H2,1-7H3. The van der Waals surface area contributed by atoms with E-state index in [2.05, 4.69) is 115 Å². The summed E-state index contributed by atoms with van der Waals surface area (Å²) < 4.78 is 0. The van der Waals surface area contributed by atoms with Crippen LogP contribution in [0.25, 0.3) is 32.7 Å². The molecule has 0 heteroatoms. The van der Waals surface area contributed by atoms with Crippen LogP contribution >= 0.6 is 0 Å². The third-order valence-corrected chi connectivity index (χ3v) is 11.2. The lowest BCUT2D eigenvalue weighted by Crippen LogP contribution is -2.30. The van der Waals surface area contributed by atoms with Gasteiger partial charge in [0, 0.05) is 10.8 Å². The third kappa shape index (κ3) is 3.20. The zero-order chi connectivity index (χ0) is 28.0. The van der Waals surface area contributed by atoms with Gasteiger partial charge in [0.05, 0.1) is 0 Å². The molecule has 1 atom stereocenters. The first-order chi connectivity index (χ1) is 19.3. The van der Waals surface area contributed by atoms with Gasteiger partial charge in [-0.2, -0.15) is 0 Å². The Bertz CT molecular complexity index is 1750. The summed E-state index contributed by atoms with van der Waals surface area (Å²) in [5.41, 5.74) is 13.7. The van der Waals surface area contributed by atoms with Gasteiger partial charge in [-0.25, -0.2) is 0 Å². The van der Waals surface area contributed by atoms with Gasteiger partial charge >= 0.3 is 0 Å². The highest BCUT2D eigenvalue weighted by molar-refractivity contribution is 6.13. The van der Waals surface area contributed by atoms with Crippen molar-refractivity contribution in [3.8, 4) is 11.1 Å². The predicted molar refractivity (Wildman–Crippen MR) is 173 cm³/mol. The van der Waals surface area contributed by atoms with Gasteiger partial charge < -0.3 is 0 Å². The van der Waals surface area contributed by atoms with Crippen LogP contribution in [-0.2, 0) is 10.8 Å². The molecular formula is C40H44. The molecule has 0 aliphatic heterocycles. The Morgan fingerprint density at radius 3 is 2.12 bits per heavy atom. The lowest BCUT2D eigenvalue weighted by atomic mass is 9.64. The van der Waals surface area contributed by atoms with Gasteiger partial charge in [0.25, 0.3) is 0 Å². The largest absolute Gasteiger partial charge is 0.0657 e. The summed E-state index contributed by atoms with van der Waals surface area (Å²) in [6, 6.07) is 21.5. The number of hydrogen-bond acceptors (Lipinski definition) is 0. The molecule has 0 amide bonds. The molecule has 204 valence electrons. The van der Waals surface area contributed by atoms with Crippen molar-refractivity contribution in [2.45, 2.75) is 91.4 Å². The van der Waals surface area contributed by atoms with E-state index in [1.165, 1.54) is 69.5 Å². The summed E-state index contributed by atoms with van der Waals surface area (Å²) in [6.45, 7) is 16.8. The van der Waals surface area contributed by atoms with E-state index in [4.69, 9.17) is 0 Å². The van der Waals surface area contributed by atoms with Crippen LogP contribution < -0.4 is 0 Å². The van der Waals surface area contributed by atoms with Crippen LogP contribution in [0.2, 0.25) is 0 Å². The number of hydrogen-bond donors (Lipinski definition) is 0. The molecule has 1 unspecified atom stereocenters. The van der Waals surface area contributed by atoms with Crippen molar-refractivity contribution in [1.29, 1.82) is 0 Å². The Hall–Kier alpha value is -3.12. The molecule has 0 bridgehead atoms. The van der Waals surface area contributed by atoms with Crippen LogP contribution in [0.5, 0.6) is 0 Å². The molecule has 0 saturated carbocycles. The summed E-state index contributed by atoms with van der Waals surface area (Å²) in [7, 11) is 0. The van der Waals surface area contributed by atoms with E-state index < -0.39 is 0 Å². The highest BCUT2D eigenvalue weighted by Crippen LogP contribution is 2.64. The monoisotopic (exact) mass is 524 g/mol. The smallest absolute Gasteiger partial charge is 0.0443 e. The molecule has 1 spiro atoms. The highest BCUT2D eigenvalue weighted by Gasteiger charge is 2.50. The fourth-order valence-electron chi connectivity index (χ4n) is 9.02. The van der Waals surface area contributed by atoms with E-state index in [-0.39, 0.29) is 10.8 Å². The Morgan fingerprint density at radius 1 is 0.700 bits per heavy atom. The fourth-order valence-corrected chi connectivity index (χ4v) is 9.02. The van der Waals surface area contributed by atoms with Gasteiger partial charge in [-0.05, 0) is 123 Å². The molecule has 0 aromatic heterocycles. The second kappa shape index (κ2) is 8.94. The molecule has 0 heterocycles. The number of rotatable bonds is 6. The Balaban J connectivity index is 1.70. The molecule has 3 aliphatic carbocycles. The van der Waals surface area contributed by atoms with Gasteiger partial charge in [0.15, 0.2) is 0 Å². The Kier molecular flexibility index (Phi) is 5.77. The van der Waals surface area contributed by atoms with E-state index in [1.807, 2.05) is 0 Å². The summed E-state index contributed by atoms with van der Waals surface area (Å²) >= 11 is 0. The Morgan fingerprint density at radius 2 is 1.40 bits per heavy atom. The maximum Gasteiger partial charge on any atom is 0.0443 e. The topological polar surface area (TPSA) is 0 Å². The minimum atomic E-state index is -0.128. The lowest BCUT2D eigenvalue weighted by molar-refractivity contribution is 0.491. The van der Waals surface area contributed by atoms with Crippen LogP contribution in [0, 0.1) is 18.8 Å². The summed E-state index contributed by atoms with van der Waals surface area (Å²) in [4.78, 5) is 0. The predicted octanol–water partition coefficient (Wildman–Crippen LogP) is 11.3. The lowest BCUT2D eigenvalue weighted by Gasteiger charge is -2.39. The molecule has 0 fully saturated rings. The first kappa shape index (κ1) is 25.8. The van der Waals surface area contributed by atoms with E-state index in [1.54, 1.807) is 27.8 Å². The van der Waals surface area contributed by atoms with E-state index >= 15 is 0 Å². The number of allylic oxidation sites excluding steroid dienone is 4. The van der Waals surface area contributed by atoms with Crippen molar-refractivity contribution in [2.75, 3.05) is 0 Å². The van der Waals surface area contributed by atoms with Crippen molar-refractivity contribution >= 4 is 21.5 Å². The maximum absolute atomic E-state index is 2.77. The molecule has 40 heavy (non-hydrogen) atoms. The van der Waals surface area contributed by atoms with Gasteiger partial charge in [0.1, 0.15) is 0 Å². The molecule has 3 aliphatic rings. The van der Waals surface area contributed by atoms with E-state index in [0.29, 0.717) is 11.8 Å². The van der Waals surface area contributed by atoms with Crippen molar-refractivity contribution < 1.29 is 0 Å². The maximum atomic E-state index is 2.77. The normalized spacial score (nSPS) is 20.2. The highest BCUT2D eigenvalue weighted by atomic mass is 14.5. The van der Waals surface area contributed by atoms with Crippen LogP contribution in [0.4, 0.5) is 0 Å². The van der Waals surface area contributed by atoms with Crippen molar-refractivity contribution in [3.63, 3.8) is 0 Å². The molecule has 4 aromatic rings. The number of aryl methyl sites for hydroxylation is 1. The summed E-state index contributed by atoms with van der Waals surface area (Å²) in [6.07, 6.45) is 11.3. The van der Waals surface area contributed by atoms with Crippen LogP contribution in [0.15, 0.2) is 77.9 Å². The van der Waals surface area contributed by atoms with Crippen molar-refractivity contribution in [2.24, 2.45) is 11.8 Å². The van der Waals surface area contributed by atoms with E-state index in [0.717, 1.165) is 6.42 Å². The van der Waals surface area contributed by atoms with Gasteiger partial charge in [-0.3, -0.25) is 0 Å². The Labute approximate surface area is 241 Å². The molecule has 7 rings (SSSR count). The van der Waals surface area contributed by atoms with Crippen molar-refractivity contribution in [3.05, 3.63) is 106 Å². The van der Waals surface area contributed by atoms with Gasteiger partial charge in [-0.1, -0.05) is 108 Å². The third-order valence-electron chi connectivity index (χ3n) is 11.2. The van der Waals surface area contributed by atoms with Gasteiger partial charge in [-0.15, -0.1) is 0 Å². The zero-order valence-electron chi connectivity index (χ0n) is 25.5. The molecular weight excluding hydrogens is 480 g/mol. The quantitative estimate of drug-likeness (QED) is 0.235. The number of benzene rings is 4. The van der Waals surface area contributed by atoms with Gasteiger partial charge in [0.2, 0.25) is 0 Å². The second-order valence-electron chi connectivity index (χ2n) is 13.4. The van der Waals surface area contributed by atoms with Crippen molar-refractivity contribution in [1.82, 2.24) is 0 Å². The van der Waals surface area contributed by atoms with Crippen LogP contribution in [0.1, 0.15) is 101 Å². The number of fused-ring (bicyclic) bond motifs is 4. The second-order valence-corrected chi connectivity index (χ2v) is 13.4. The minimum Gasteiger partial charge on any atom is -0.0657 e. The molecule has 0 N–H and O–H groups in total. The SMILES string of the molecule is CCC(CC)C1=CC2(CC(C(CC)CC)=C1)c1ccc3cccc4c3c1-c1c(cc3cccc(C)c3c12)C4(C)C. The van der Waals surface area contributed by atoms with Crippen LogP contribution in [0.3, 0.4) is 0 Å². The zero-order valence-corrected chi connectivity index (χ0v) is 25.5. The first-order valence-corrected chi connectivity index (χ1v) is 15.9. The summed E-state index contributed by atoms with van der Waals surface area (Å²) in [5.74, 6) is 1.23. The average molecular weight is 525 g/mol. The molecule has 0 nitrogen and oxygen atoms in total. The van der Waals surface area contributed by atoms with E-state index in [9.17, 15) is 0 Å². The summed E-state index contributed by atoms with van der Waals surface area (Å²) in [5, 5.41) is 5.78. The molecule has 4 aromatic carbocycles. The molecule has 0 saturated heterocycles. The fraction of sp³-hybridized carbons (Fsp3) is 0.400. The average Bonchev–Trinajstić information content (AvgIpc) is 3.22. The van der Waals surface area contributed by atoms with Crippen LogP contribution in [-0.4, -0.2) is 0 Å². The molecule has 0 radical (unpaired) electrons. The first-order valence-electron chi connectivity index (χ1n) is 15.9.